The topological polar surface area (TPSA) is 112 Å². The first-order valence-corrected chi connectivity index (χ1v) is 11.5. The highest BCUT2D eigenvalue weighted by atomic mass is 16.5. The minimum absolute atomic E-state index is 0.0479. The van der Waals surface area contributed by atoms with E-state index in [0.29, 0.717) is 47.0 Å². The van der Waals surface area contributed by atoms with Gasteiger partial charge in [-0.2, -0.15) is 0 Å². The minimum atomic E-state index is -0.0479. The van der Waals surface area contributed by atoms with Gasteiger partial charge in [-0.3, -0.25) is 19.6 Å². The molecule has 0 aliphatic rings. The monoisotopic (exact) mass is 501 g/mol. The van der Waals surface area contributed by atoms with Crippen molar-refractivity contribution in [3.8, 4) is 46.1 Å². The fourth-order valence-electron chi connectivity index (χ4n) is 3.98. The number of rotatable bonds is 7. The molecule has 8 heteroatoms. The number of benzene rings is 2. The lowest BCUT2D eigenvalue weighted by Crippen LogP contribution is -1.97. The molecule has 0 atom stereocenters. The van der Waals surface area contributed by atoms with Gasteiger partial charge in [0.1, 0.15) is 11.5 Å². The molecule has 2 aromatic carbocycles. The van der Waals surface area contributed by atoms with Gasteiger partial charge >= 0.3 is 0 Å². The van der Waals surface area contributed by atoms with E-state index in [0.717, 1.165) is 21.9 Å². The van der Waals surface area contributed by atoms with Gasteiger partial charge < -0.3 is 14.6 Å². The van der Waals surface area contributed by atoms with Crippen LogP contribution in [0.4, 0.5) is 0 Å². The van der Waals surface area contributed by atoms with Crippen LogP contribution >= 0.6 is 0 Å². The summed E-state index contributed by atoms with van der Waals surface area (Å²) in [5.74, 6) is 6.94. The molecule has 0 spiro atoms. The number of ether oxygens (including phenoxy) is 2. The summed E-state index contributed by atoms with van der Waals surface area (Å²) in [6.07, 6.45) is 3.10. The fraction of sp³-hybridized carbons (Fsp3) is 0.0333. The van der Waals surface area contributed by atoms with Crippen LogP contribution in [0.15, 0.2) is 85.2 Å². The number of carbonyl (C=O) groups is 2. The SMILES string of the molecule is O=COc1ccnc(-c2cc(OC=O)cc(-c3cc(C#Cc4cccc5c(CO)cccc45)ccn3)n2)c1. The first-order valence-electron chi connectivity index (χ1n) is 11.5. The number of hydrogen-bond acceptors (Lipinski definition) is 8. The molecular formula is C30H19N3O5. The van der Waals surface area contributed by atoms with Crippen molar-refractivity contribution in [1.82, 2.24) is 15.0 Å². The molecular weight excluding hydrogens is 482 g/mol. The van der Waals surface area contributed by atoms with E-state index in [9.17, 15) is 14.7 Å². The Morgan fingerprint density at radius 2 is 1.37 bits per heavy atom. The molecule has 8 nitrogen and oxygen atoms in total. The van der Waals surface area contributed by atoms with Gasteiger partial charge in [0.2, 0.25) is 0 Å². The molecule has 0 saturated carbocycles. The van der Waals surface area contributed by atoms with Crippen LogP contribution in [0.5, 0.6) is 11.5 Å². The largest absolute Gasteiger partial charge is 0.429 e. The van der Waals surface area contributed by atoms with E-state index in [1.807, 2.05) is 36.4 Å². The Balaban J connectivity index is 1.53. The van der Waals surface area contributed by atoms with Crippen LogP contribution in [-0.2, 0) is 16.2 Å². The smallest absolute Gasteiger partial charge is 0.298 e. The Labute approximate surface area is 217 Å². The van der Waals surface area contributed by atoms with Crippen molar-refractivity contribution in [2.24, 2.45) is 0 Å². The van der Waals surface area contributed by atoms with Gasteiger partial charge in [0, 0.05) is 41.7 Å². The molecule has 38 heavy (non-hydrogen) atoms. The van der Waals surface area contributed by atoms with Gasteiger partial charge in [-0.05, 0) is 40.6 Å². The molecule has 3 heterocycles. The summed E-state index contributed by atoms with van der Waals surface area (Å²) in [5.41, 5.74) is 4.13. The van der Waals surface area contributed by atoms with Gasteiger partial charge in [0.15, 0.2) is 0 Å². The summed E-state index contributed by atoms with van der Waals surface area (Å²) < 4.78 is 10.00. The lowest BCUT2D eigenvalue weighted by Gasteiger charge is -2.08. The summed E-state index contributed by atoms with van der Waals surface area (Å²) in [5, 5.41) is 11.6. The lowest BCUT2D eigenvalue weighted by molar-refractivity contribution is -0.121. The average Bonchev–Trinajstić information content (AvgIpc) is 2.96. The van der Waals surface area contributed by atoms with Crippen LogP contribution in [0.2, 0.25) is 0 Å². The van der Waals surface area contributed by atoms with E-state index in [4.69, 9.17) is 9.47 Å². The second-order valence-electron chi connectivity index (χ2n) is 8.03. The summed E-state index contributed by atoms with van der Waals surface area (Å²) in [7, 11) is 0. The predicted molar refractivity (Wildman–Crippen MR) is 140 cm³/mol. The number of nitrogens with zero attached hydrogens (tertiary/aromatic N) is 3. The van der Waals surface area contributed by atoms with E-state index in [-0.39, 0.29) is 12.4 Å². The van der Waals surface area contributed by atoms with Crippen LogP contribution in [0, 0.1) is 11.8 Å². The van der Waals surface area contributed by atoms with Crippen LogP contribution in [0.3, 0.4) is 0 Å². The number of aromatic nitrogens is 3. The first kappa shape index (κ1) is 24.3. The van der Waals surface area contributed by atoms with Crippen molar-refractivity contribution in [3.05, 3.63) is 102 Å². The third-order valence-corrected chi connectivity index (χ3v) is 5.71. The van der Waals surface area contributed by atoms with Gasteiger partial charge in [-0.15, -0.1) is 0 Å². The second-order valence-corrected chi connectivity index (χ2v) is 8.03. The van der Waals surface area contributed by atoms with Crippen molar-refractivity contribution in [2.75, 3.05) is 0 Å². The van der Waals surface area contributed by atoms with E-state index in [1.165, 1.54) is 12.3 Å². The van der Waals surface area contributed by atoms with Crippen LogP contribution < -0.4 is 9.47 Å². The Morgan fingerprint density at radius 1 is 0.711 bits per heavy atom. The Hall–Kier alpha value is -5.39. The molecule has 0 aliphatic carbocycles. The maximum absolute atomic E-state index is 11.1. The van der Waals surface area contributed by atoms with E-state index >= 15 is 0 Å². The Kier molecular flexibility index (Phi) is 7.11. The molecule has 184 valence electrons. The van der Waals surface area contributed by atoms with Crippen LogP contribution in [-0.4, -0.2) is 33.0 Å². The van der Waals surface area contributed by atoms with Gasteiger partial charge in [0.25, 0.3) is 12.9 Å². The van der Waals surface area contributed by atoms with Crippen molar-refractivity contribution in [3.63, 3.8) is 0 Å². The van der Waals surface area contributed by atoms with Crippen molar-refractivity contribution in [2.45, 2.75) is 6.61 Å². The van der Waals surface area contributed by atoms with Crippen molar-refractivity contribution >= 4 is 23.7 Å². The number of fused-ring (bicyclic) bond motifs is 1. The molecule has 0 bridgehead atoms. The molecule has 0 amide bonds. The number of aliphatic hydroxyl groups excluding tert-OH is 1. The van der Waals surface area contributed by atoms with Gasteiger partial charge in [-0.1, -0.05) is 42.2 Å². The summed E-state index contributed by atoms with van der Waals surface area (Å²) in [6, 6.07) is 21.4. The number of aliphatic hydroxyl groups is 1. The molecule has 0 aliphatic heterocycles. The zero-order valence-corrected chi connectivity index (χ0v) is 19.9. The van der Waals surface area contributed by atoms with Crippen LogP contribution in [0.25, 0.3) is 33.5 Å². The highest BCUT2D eigenvalue weighted by Gasteiger charge is 2.12. The average molecular weight is 501 g/mol. The van der Waals surface area contributed by atoms with E-state index < -0.39 is 0 Å². The molecule has 3 aromatic heterocycles. The lowest BCUT2D eigenvalue weighted by atomic mass is 10.0. The highest BCUT2D eigenvalue weighted by Crippen LogP contribution is 2.28. The van der Waals surface area contributed by atoms with Gasteiger partial charge in [-0.25, -0.2) is 4.98 Å². The molecule has 5 aromatic rings. The molecule has 5 rings (SSSR count). The number of hydrogen-bond donors (Lipinski definition) is 1. The third-order valence-electron chi connectivity index (χ3n) is 5.71. The quantitative estimate of drug-likeness (QED) is 0.259. The third kappa shape index (κ3) is 5.23. The number of pyridine rings is 3. The van der Waals surface area contributed by atoms with Gasteiger partial charge in [0.05, 0.1) is 29.4 Å². The molecule has 0 fully saturated rings. The zero-order chi connectivity index (χ0) is 26.3. The Morgan fingerprint density at radius 3 is 2.13 bits per heavy atom. The normalized spacial score (nSPS) is 10.3. The fourth-order valence-corrected chi connectivity index (χ4v) is 3.98. The summed E-state index contributed by atoms with van der Waals surface area (Å²) in [4.78, 5) is 35.1. The maximum atomic E-state index is 11.1. The van der Waals surface area contributed by atoms with E-state index in [2.05, 4.69) is 26.8 Å². The van der Waals surface area contributed by atoms with Crippen LogP contribution in [0.1, 0.15) is 16.7 Å². The summed E-state index contributed by atoms with van der Waals surface area (Å²) in [6.45, 7) is 0.599. The number of carbonyl (C=O) groups excluding carboxylic acids is 2. The first-order chi connectivity index (χ1) is 18.7. The zero-order valence-electron chi connectivity index (χ0n) is 19.9. The maximum Gasteiger partial charge on any atom is 0.298 e. The Bertz CT molecular complexity index is 1720. The second kappa shape index (κ2) is 11.1. The van der Waals surface area contributed by atoms with Crippen molar-refractivity contribution in [1.29, 1.82) is 0 Å². The standard InChI is InChI=1S/C30H19N3O5/c34-17-22-4-2-5-25-21(3-1-6-26(22)25)8-7-20-9-11-31-27(13-20)29-15-24(38-19-36)16-30(33-29)28-14-23(37-18-35)10-12-32-28/h1-6,9-16,18-19,34H,17H2. The molecule has 0 unspecified atom stereocenters. The molecule has 0 radical (unpaired) electrons. The van der Waals surface area contributed by atoms with Crippen molar-refractivity contribution < 1.29 is 24.2 Å². The summed E-state index contributed by atoms with van der Waals surface area (Å²) >= 11 is 0. The molecule has 0 saturated heterocycles. The molecule has 1 N–H and O–H groups in total. The predicted octanol–water partition coefficient (Wildman–Crippen LogP) is 4.32. The minimum Gasteiger partial charge on any atom is -0.429 e. The highest BCUT2D eigenvalue weighted by molar-refractivity contribution is 5.90. The van der Waals surface area contributed by atoms with E-state index in [1.54, 1.807) is 36.5 Å².